The number of benzene rings is 1. The summed E-state index contributed by atoms with van der Waals surface area (Å²) in [6.45, 7) is 4.59. The van der Waals surface area contributed by atoms with Crippen LogP contribution in [0.25, 0.3) is 0 Å². The average molecular weight is 281 g/mol. The summed E-state index contributed by atoms with van der Waals surface area (Å²) in [7, 11) is 0. The van der Waals surface area contributed by atoms with E-state index in [9.17, 15) is 0 Å². The molecule has 0 saturated carbocycles. The molecule has 0 bridgehead atoms. The first-order valence-electron chi connectivity index (χ1n) is 6.20. The lowest BCUT2D eigenvalue weighted by Gasteiger charge is -2.19. The van der Waals surface area contributed by atoms with Crippen LogP contribution < -0.4 is 5.73 Å². The van der Waals surface area contributed by atoms with Crippen molar-refractivity contribution in [2.75, 3.05) is 6.54 Å². The summed E-state index contributed by atoms with van der Waals surface area (Å²) < 4.78 is 4.99. The second kappa shape index (κ2) is 6.65. The highest BCUT2D eigenvalue weighted by Gasteiger charge is 2.11. The van der Waals surface area contributed by atoms with Crippen LogP contribution in [0.5, 0.6) is 0 Å². The van der Waals surface area contributed by atoms with E-state index in [1.165, 1.54) is 0 Å². The summed E-state index contributed by atoms with van der Waals surface area (Å²) in [5.41, 5.74) is 6.53. The van der Waals surface area contributed by atoms with Crippen LogP contribution in [0, 0.1) is 0 Å². The average Bonchev–Trinajstić information content (AvgIpc) is 2.88. The summed E-state index contributed by atoms with van der Waals surface area (Å²) in [6, 6.07) is 7.82. The van der Waals surface area contributed by atoms with E-state index in [1.807, 2.05) is 24.3 Å². The first-order chi connectivity index (χ1) is 9.22. The first-order valence-corrected chi connectivity index (χ1v) is 6.58. The molecule has 0 aliphatic carbocycles. The molecule has 2 aromatic rings. The van der Waals surface area contributed by atoms with E-state index >= 15 is 0 Å². The normalized spacial score (nSPS) is 11.2. The van der Waals surface area contributed by atoms with Gasteiger partial charge in [-0.1, -0.05) is 41.9 Å². The standard InChI is InChI=1S/C13H17ClN4O/c1-2-18(8-10-5-3-4-6-11(10)14)9-12-16-13(7-15)19-17-12/h3-6H,2,7-9,15H2,1H3. The van der Waals surface area contributed by atoms with Gasteiger partial charge in [-0.15, -0.1) is 0 Å². The minimum Gasteiger partial charge on any atom is -0.338 e. The van der Waals surface area contributed by atoms with Gasteiger partial charge in [0, 0.05) is 11.6 Å². The van der Waals surface area contributed by atoms with E-state index in [0.29, 0.717) is 18.3 Å². The highest BCUT2D eigenvalue weighted by Crippen LogP contribution is 2.17. The van der Waals surface area contributed by atoms with Crippen molar-refractivity contribution in [2.45, 2.75) is 26.6 Å². The molecule has 1 aromatic heterocycles. The Kier molecular flexibility index (Phi) is 4.90. The van der Waals surface area contributed by atoms with Gasteiger partial charge < -0.3 is 10.3 Å². The zero-order chi connectivity index (χ0) is 13.7. The molecule has 1 aromatic carbocycles. The lowest BCUT2D eigenvalue weighted by atomic mass is 10.2. The van der Waals surface area contributed by atoms with Crippen LogP contribution in [-0.2, 0) is 19.6 Å². The Hall–Kier alpha value is -1.43. The van der Waals surface area contributed by atoms with Crippen molar-refractivity contribution < 1.29 is 4.52 Å². The van der Waals surface area contributed by atoms with E-state index in [1.54, 1.807) is 0 Å². The van der Waals surface area contributed by atoms with Gasteiger partial charge in [-0.05, 0) is 18.2 Å². The maximum Gasteiger partial charge on any atom is 0.240 e. The van der Waals surface area contributed by atoms with Crippen molar-refractivity contribution in [3.63, 3.8) is 0 Å². The monoisotopic (exact) mass is 280 g/mol. The minimum absolute atomic E-state index is 0.267. The number of hydrogen-bond donors (Lipinski definition) is 1. The number of halogens is 1. The van der Waals surface area contributed by atoms with Crippen molar-refractivity contribution in [3.8, 4) is 0 Å². The third kappa shape index (κ3) is 3.76. The SMILES string of the molecule is CCN(Cc1noc(CN)n1)Cc1ccccc1Cl. The zero-order valence-corrected chi connectivity index (χ0v) is 11.6. The van der Waals surface area contributed by atoms with E-state index in [-0.39, 0.29) is 6.54 Å². The second-order valence-electron chi connectivity index (χ2n) is 4.20. The molecule has 19 heavy (non-hydrogen) atoms. The summed E-state index contributed by atoms with van der Waals surface area (Å²) in [6.07, 6.45) is 0. The molecule has 0 aliphatic heterocycles. The van der Waals surface area contributed by atoms with Gasteiger partial charge in [0.2, 0.25) is 5.89 Å². The fourth-order valence-corrected chi connectivity index (χ4v) is 1.98. The van der Waals surface area contributed by atoms with Crippen molar-refractivity contribution in [1.82, 2.24) is 15.0 Å². The predicted molar refractivity (Wildman–Crippen MR) is 73.4 cm³/mol. The van der Waals surface area contributed by atoms with Crippen LogP contribution in [0.15, 0.2) is 28.8 Å². The summed E-state index contributed by atoms with van der Waals surface area (Å²) in [4.78, 5) is 6.39. The Morgan fingerprint density at radius 1 is 1.32 bits per heavy atom. The van der Waals surface area contributed by atoms with E-state index in [0.717, 1.165) is 23.7 Å². The van der Waals surface area contributed by atoms with Crippen molar-refractivity contribution in [2.24, 2.45) is 5.73 Å². The van der Waals surface area contributed by atoms with Gasteiger partial charge in [-0.2, -0.15) is 4.98 Å². The van der Waals surface area contributed by atoms with Gasteiger partial charge >= 0.3 is 0 Å². The highest BCUT2D eigenvalue weighted by atomic mass is 35.5. The molecule has 0 amide bonds. The zero-order valence-electron chi connectivity index (χ0n) is 10.8. The van der Waals surface area contributed by atoms with Crippen LogP contribution in [0.1, 0.15) is 24.2 Å². The molecular formula is C13H17ClN4O. The molecule has 0 unspecified atom stereocenters. The molecule has 5 nitrogen and oxygen atoms in total. The fraction of sp³-hybridized carbons (Fsp3) is 0.385. The van der Waals surface area contributed by atoms with E-state index in [4.69, 9.17) is 21.9 Å². The Morgan fingerprint density at radius 3 is 2.74 bits per heavy atom. The molecule has 6 heteroatoms. The number of nitrogens with two attached hydrogens (primary N) is 1. The summed E-state index contributed by atoms with van der Waals surface area (Å²) >= 11 is 6.16. The maximum atomic E-state index is 6.16. The second-order valence-corrected chi connectivity index (χ2v) is 4.61. The molecule has 0 fully saturated rings. The van der Waals surface area contributed by atoms with E-state index in [2.05, 4.69) is 22.0 Å². The molecule has 0 saturated heterocycles. The Morgan fingerprint density at radius 2 is 2.11 bits per heavy atom. The number of aromatic nitrogens is 2. The number of hydrogen-bond acceptors (Lipinski definition) is 5. The Bertz CT molecular complexity index is 529. The third-order valence-corrected chi connectivity index (χ3v) is 3.22. The molecule has 1 heterocycles. The van der Waals surface area contributed by atoms with Gasteiger partial charge in [-0.25, -0.2) is 0 Å². The smallest absolute Gasteiger partial charge is 0.240 e. The van der Waals surface area contributed by atoms with Crippen LogP contribution >= 0.6 is 11.6 Å². The molecule has 2 N–H and O–H groups in total. The largest absolute Gasteiger partial charge is 0.338 e. The van der Waals surface area contributed by atoms with Gasteiger partial charge in [0.1, 0.15) is 0 Å². The molecule has 0 atom stereocenters. The maximum absolute atomic E-state index is 6.16. The third-order valence-electron chi connectivity index (χ3n) is 2.85. The van der Waals surface area contributed by atoms with Gasteiger partial charge in [-0.3, -0.25) is 4.90 Å². The molecule has 0 spiro atoms. The van der Waals surface area contributed by atoms with Crippen molar-refractivity contribution in [1.29, 1.82) is 0 Å². The van der Waals surface area contributed by atoms with Crippen LogP contribution in [-0.4, -0.2) is 21.6 Å². The number of nitrogens with zero attached hydrogens (tertiary/aromatic N) is 3. The summed E-state index contributed by atoms with van der Waals surface area (Å²) in [5.74, 6) is 1.11. The number of rotatable bonds is 6. The fourth-order valence-electron chi connectivity index (χ4n) is 1.78. The van der Waals surface area contributed by atoms with Gasteiger partial charge in [0.15, 0.2) is 5.82 Å². The molecule has 0 radical (unpaired) electrons. The lowest BCUT2D eigenvalue weighted by Crippen LogP contribution is -2.23. The minimum atomic E-state index is 0.267. The lowest BCUT2D eigenvalue weighted by molar-refractivity contribution is 0.259. The van der Waals surface area contributed by atoms with Crippen molar-refractivity contribution in [3.05, 3.63) is 46.6 Å². The summed E-state index contributed by atoms with van der Waals surface area (Å²) in [5, 5.41) is 4.67. The molecule has 0 aliphatic rings. The van der Waals surface area contributed by atoms with Crippen LogP contribution in [0.2, 0.25) is 5.02 Å². The van der Waals surface area contributed by atoms with Crippen molar-refractivity contribution >= 4 is 11.6 Å². The Labute approximate surface area is 117 Å². The quantitative estimate of drug-likeness (QED) is 0.878. The van der Waals surface area contributed by atoms with Crippen LogP contribution in [0.3, 0.4) is 0 Å². The highest BCUT2D eigenvalue weighted by molar-refractivity contribution is 6.31. The van der Waals surface area contributed by atoms with Gasteiger partial charge in [0.25, 0.3) is 0 Å². The molecular weight excluding hydrogens is 264 g/mol. The molecule has 2 rings (SSSR count). The Balaban J connectivity index is 2.02. The predicted octanol–water partition coefficient (Wildman–Crippen LogP) is 2.20. The van der Waals surface area contributed by atoms with Gasteiger partial charge in [0.05, 0.1) is 13.1 Å². The molecule has 102 valence electrons. The van der Waals surface area contributed by atoms with E-state index < -0.39 is 0 Å². The first kappa shape index (κ1) is 14.0. The topological polar surface area (TPSA) is 68.2 Å². The van der Waals surface area contributed by atoms with Crippen LogP contribution in [0.4, 0.5) is 0 Å².